The normalized spacial score (nSPS) is 14.8. The van der Waals surface area contributed by atoms with E-state index in [2.05, 4.69) is 5.32 Å². The predicted molar refractivity (Wildman–Crippen MR) is 136 cm³/mol. The number of rotatable bonds is 5. The van der Waals surface area contributed by atoms with E-state index in [4.69, 9.17) is 21.7 Å². The topological polar surface area (TPSA) is 89.9 Å². The van der Waals surface area contributed by atoms with Crippen molar-refractivity contribution in [3.05, 3.63) is 82.7 Å². The number of para-hydroxylation sites is 3. The second-order valence-electron chi connectivity index (χ2n) is 7.80. The Morgan fingerprint density at radius 1 is 1.00 bits per heavy atom. The molecule has 0 spiro atoms. The van der Waals surface area contributed by atoms with Crippen LogP contribution in [0.3, 0.4) is 0 Å². The minimum atomic E-state index is -0.592. The van der Waals surface area contributed by atoms with Crippen LogP contribution in [0.5, 0.6) is 5.75 Å². The molecule has 1 aromatic heterocycles. The lowest BCUT2D eigenvalue weighted by molar-refractivity contribution is -0.122. The Hall–Kier alpha value is -4.24. The summed E-state index contributed by atoms with van der Waals surface area (Å²) in [5.41, 5.74) is 3.58. The van der Waals surface area contributed by atoms with Crippen molar-refractivity contribution < 1.29 is 23.9 Å². The van der Waals surface area contributed by atoms with Crippen LogP contribution >= 0.6 is 12.2 Å². The molecule has 0 bridgehead atoms. The Labute approximate surface area is 207 Å². The maximum atomic E-state index is 13.5. The number of hydrogen-bond donors (Lipinski definition) is 1. The Morgan fingerprint density at radius 2 is 1.66 bits per heavy atom. The Bertz CT molecular complexity index is 1410. The van der Waals surface area contributed by atoms with Gasteiger partial charge in [-0.2, -0.15) is 0 Å². The van der Waals surface area contributed by atoms with Crippen LogP contribution in [0, 0.1) is 13.8 Å². The lowest BCUT2D eigenvalue weighted by atomic mass is 10.1. The summed E-state index contributed by atoms with van der Waals surface area (Å²) in [6.45, 7) is 3.73. The van der Waals surface area contributed by atoms with Crippen LogP contribution in [0.2, 0.25) is 0 Å². The summed E-state index contributed by atoms with van der Waals surface area (Å²) in [5.74, 6) is -1.18. The standard InChI is InChI=1S/C26H23N3O5S/c1-15-13-17(16(2)28(15)20-10-6-5-9-18(20)25(32)34-4)14-19-23(30)27-26(35)29(24(19)31)21-11-7-8-12-22(21)33-3/h5-14H,1-4H3,(H,27,30,35)/b19-14+. The fourth-order valence-electron chi connectivity index (χ4n) is 4.10. The number of aryl methyl sites for hydroxylation is 1. The van der Waals surface area contributed by atoms with E-state index in [9.17, 15) is 14.4 Å². The first kappa shape index (κ1) is 23.9. The Balaban J connectivity index is 1.81. The molecule has 1 aliphatic heterocycles. The number of ether oxygens (including phenoxy) is 2. The van der Waals surface area contributed by atoms with Crippen molar-refractivity contribution in [1.82, 2.24) is 9.88 Å². The molecule has 0 atom stereocenters. The molecule has 1 saturated heterocycles. The predicted octanol–water partition coefficient (Wildman–Crippen LogP) is 3.72. The van der Waals surface area contributed by atoms with Gasteiger partial charge >= 0.3 is 5.97 Å². The molecule has 4 rings (SSSR count). The van der Waals surface area contributed by atoms with Crippen molar-refractivity contribution in [2.24, 2.45) is 0 Å². The van der Waals surface area contributed by atoms with Crippen molar-refractivity contribution in [3.63, 3.8) is 0 Å². The van der Waals surface area contributed by atoms with Gasteiger partial charge < -0.3 is 14.0 Å². The average Bonchev–Trinajstić information content (AvgIpc) is 3.13. The second kappa shape index (κ2) is 9.55. The van der Waals surface area contributed by atoms with Gasteiger partial charge in [-0.1, -0.05) is 24.3 Å². The van der Waals surface area contributed by atoms with Gasteiger partial charge in [0.15, 0.2) is 5.11 Å². The van der Waals surface area contributed by atoms with Crippen LogP contribution in [0.25, 0.3) is 11.8 Å². The zero-order valence-electron chi connectivity index (χ0n) is 19.6. The molecule has 1 N–H and O–H groups in total. The maximum absolute atomic E-state index is 13.5. The van der Waals surface area contributed by atoms with Crippen LogP contribution in [-0.4, -0.2) is 41.7 Å². The Morgan fingerprint density at radius 3 is 2.34 bits per heavy atom. The van der Waals surface area contributed by atoms with Gasteiger partial charge in [0.25, 0.3) is 11.8 Å². The number of methoxy groups -OCH3 is 2. The van der Waals surface area contributed by atoms with E-state index < -0.39 is 17.8 Å². The van der Waals surface area contributed by atoms with Crippen LogP contribution in [0.1, 0.15) is 27.3 Å². The van der Waals surface area contributed by atoms with E-state index in [1.165, 1.54) is 25.2 Å². The molecular formula is C26H23N3O5S. The molecule has 2 amide bonds. The van der Waals surface area contributed by atoms with Crippen LogP contribution in [-0.2, 0) is 14.3 Å². The summed E-state index contributed by atoms with van der Waals surface area (Å²) in [5, 5.41) is 2.56. The molecule has 2 heterocycles. The highest BCUT2D eigenvalue weighted by Gasteiger charge is 2.36. The van der Waals surface area contributed by atoms with Crippen molar-refractivity contribution in [3.8, 4) is 11.4 Å². The molecule has 2 aromatic carbocycles. The number of esters is 1. The Kier molecular flexibility index (Phi) is 6.52. The molecule has 0 saturated carbocycles. The van der Waals surface area contributed by atoms with E-state index in [0.717, 1.165) is 11.4 Å². The lowest BCUT2D eigenvalue weighted by Gasteiger charge is -2.29. The number of amides is 2. The molecule has 1 aliphatic rings. The zero-order chi connectivity index (χ0) is 25.3. The molecule has 1 fully saturated rings. The molecule has 0 aliphatic carbocycles. The molecule has 178 valence electrons. The molecular weight excluding hydrogens is 466 g/mol. The molecule has 3 aromatic rings. The monoisotopic (exact) mass is 489 g/mol. The van der Waals surface area contributed by atoms with Gasteiger partial charge in [-0.25, -0.2) is 9.69 Å². The van der Waals surface area contributed by atoms with E-state index in [1.54, 1.807) is 36.4 Å². The quantitative estimate of drug-likeness (QED) is 0.254. The van der Waals surface area contributed by atoms with E-state index in [1.807, 2.05) is 36.6 Å². The minimum Gasteiger partial charge on any atom is -0.495 e. The minimum absolute atomic E-state index is 0.0286. The summed E-state index contributed by atoms with van der Waals surface area (Å²) in [7, 11) is 2.82. The van der Waals surface area contributed by atoms with Crippen molar-refractivity contribution in [2.75, 3.05) is 19.1 Å². The third-order valence-electron chi connectivity index (χ3n) is 5.75. The number of thiocarbonyl (C=S) groups is 1. The fraction of sp³-hybridized carbons (Fsp3) is 0.154. The van der Waals surface area contributed by atoms with Crippen LogP contribution in [0.15, 0.2) is 60.2 Å². The van der Waals surface area contributed by atoms with Gasteiger partial charge in [0, 0.05) is 11.4 Å². The number of aromatic nitrogens is 1. The third kappa shape index (κ3) is 4.22. The van der Waals surface area contributed by atoms with Gasteiger partial charge in [-0.05, 0) is 68.0 Å². The number of hydrogen-bond acceptors (Lipinski definition) is 6. The highest BCUT2D eigenvalue weighted by Crippen LogP contribution is 2.32. The number of anilines is 1. The first-order valence-electron chi connectivity index (χ1n) is 10.7. The third-order valence-corrected chi connectivity index (χ3v) is 6.03. The van der Waals surface area contributed by atoms with Crippen molar-refractivity contribution >= 4 is 46.9 Å². The second-order valence-corrected chi connectivity index (χ2v) is 8.19. The summed E-state index contributed by atoms with van der Waals surface area (Å²) in [4.78, 5) is 39.8. The van der Waals surface area contributed by atoms with Gasteiger partial charge in [-0.3, -0.25) is 14.9 Å². The number of carbonyl (C=O) groups is 3. The highest BCUT2D eigenvalue weighted by molar-refractivity contribution is 7.80. The first-order valence-corrected chi connectivity index (χ1v) is 11.1. The van der Waals surface area contributed by atoms with Crippen LogP contribution in [0.4, 0.5) is 5.69 Å². The van der Waals surface area contributed by atoms with Gasteiger partial charge in [0.05, 0.1) is 31.2 Å². The molecule has 9 heteroatoms. The first-order chi connectivity index (χ1) is 16.8. The number of nitrogens with zero attached hydrogens (tertiary/aromatic N) is 2. The molecule has 8 nitrogen and oxygen atoms in total. The highest BCUT2D eigenvalue weighted by atomic mass is 32.1. The number of benzene rings is 2. The van der Waals surface area contributed by atoms with Crippen LogP contribution < -0.4 is 15.0 Å². The molecule has 35 heavy (non-hydrogen) atoms. The smallest absolute Gasteiger partial charge is 0.339 e. The lowest BCUT2D eigenvalue weighted by Crippen LogP contribution is -2.54. The van der Waals surface area contributed by atoms with Crippen molar-refractivity contribution in [1.29, 1.82) is 0 Å². The maximum Gasteiger partial charge on any atom is 0.339 e. The molecule has 0 unspecified atom stereocenters. The fourth-order valence-corrected chi connectivity index (χ4v) is 4.38. The molecule has 0 radical (unpaired) electrons. The zero-order valence-corrected chi connectivity index (χ0v) is 20.4. The summed E-state index contributed by atoms with van der Waals surface area (Å²) >= 11 is 5.30. The van der Waals surface area contributed by atoms with Gasteiger partial charge in [0.2, 0.25) is 0 Å². The largest absolute Gasteiger partial charge is 0.495 e. The van der Waals surface area contributed by atoms with E-state index in [0.29, 0.717) is 28.3 Å². The van der Waals surface area contributed by atoms with E-state index in [-0.39, 0.29) is 10.7 Å². The number of nitrogens with one attached hydrogen (secondary N) is 1. The summed E-state index contributed by atoms with van der Waals surface area (Å²) in [6, 6.07) is 15.8. The SMILES string of the molecule is COC(=O)c1ccccc1-n1c(C)cc(/C=C2\C(=O)NC(=S)N(c3ccccc3OC)C2=O)c1C. The number of carbonyl (C=O) groups excluding carboxylic acids is 3. The van der Waals surface area contributed by atoms with Gasteiger partial charge in [0.1, 0.15) is 11.3 Å². The van der Waals surface area contributed by atoms with Crippen molar-refractivity contribution in [2.45, 2.75) is 13.8 Å². The van der Waals surface area contributed by atoms with Gasteiger partial charge in [-0.15, -0.1) is 0 Å². The van der Waals surface area contributed by atoms with E-state index >= 15 is 0 Å². The summed E-state index contributed by atoms with van der Waals surface area (Å²) in [6.07, 6.45) is 1.53. The average molecular weight is 490 g/mol. The summed E-state index contributed by atoms with van der Waals surface area (Å²) < 4.78 is 12.2.